The molecule has 0 aromatic heterocycles. The molecule has 3 nitrogen and oxygen atoms in total. The number of rotatable bonds is 3. The maximum atomic E-state index is 10.9. The van der Waals surface area contributed by atoms with E-state index in [4.69, 9.17) is 0 Å². The molecule has 0 saturated carbocycles. The van der Waals surface area contributed by atoms with E-state index in [9.17, 15) is 4.79 Å². The van der Waals surface area contributed by atoms with Gasteiger partial charge in [0.05, 0.1) is 0 Å². The molecule has 1 aromatic rings. The zero-order chi connectivity index (χ0) is 12.3. The van der Waals surface area contributed by atoms with Gasteiger partial charge in [0.25, 0.3) is 0 Å². The lowest BCUT2D eigenvalue weighted by atomic mass is 9.85. The van der Waals surface area contributed by atoms with Crippen LogP contribution in [0.1, 0.15) is 36.0 Å². The number of carbonyl (C=O) groups is 1. The predicted octanol–water partition coefficient (Wildman–Crippen LogP) is 1.98. The van der Waals surface area contributed by atoms with Gasteiger partial charge in [0.15, 0.2) is 0 Å². The van der Waals surface area contributed by atoms with Crippen molar-refractivity contribution in [3.63, 3.8) is 0 Å². The molecule has 1 aliphatic heterocycles. The van der Waals surface area contributed by atoms with E-state index in [1.54, 1.807) is 0 Å². The Kier molecular flexibility index (Phi) is 3.48. The molecule has 1 atom stereocenters. The molecule has 92 valence electrons. The first kappa shape index (κ1) is 12.1. The Balaban J connectivity index is 2.48. The van der Waals surface area contributed by atoms with Crippen LogP contribution in [0.3, 0.4) is 0 Å². The number of aryl methyl sites for hydroxylation is 2. The van der Waals surface area contributed by atoms with E-state index in [-0.39, 0.29) is 5.66 Å². The van der Waals surface area contributed by atoms with Crippen LogP contribution in [0, 0.1) is 13.8 Å². The van der Waals surface area contributed by atoms with Crippen molar-refractivity contribution in [3.8, 4) is 0 Å². The van der Waals surface area contributed by atoms with E-state index < -0.39 is 0 Å². The van der Waals surface area contributed by atoms with Crippen molar-refractivity contribution in [1.82, 2.24) is 10.6 Å². The van der Waals surface area contributed by atoms with Gasteiger partial charge in [-0.05, 0) is 56.3 Å². The monoisotopic (exact) mass is 232 g/mol. The van der Waals surface area contributed by atoms with Gasteiger partial charge in [-0.15, -0.1) is 0 Å². The summed E-state index contributed by atoms with van der Waals surface area (Å²) in [5.41, 5.74) is 3.32. The van der Waals surface area contributed by atoms with E-state index in [2.05, 4.69) is 42.7 Å². The summed E-state index contributed by atoms with van der Waals surface area (Å²) in [5, 5.41) is 6.49. The molecule has 3 heteroatoms. The van der Waals surface area contributed by atoms with Gasteiger partial charge in [-0.1, -0.05) is 18.2 Å². The van der Waals surface area contributed by atoms with Crippen LogP contribution in [-0.4, -0.2) is 13.0 Å². The highest BCUT2D eigenvalue weighted by atomic mass is 16.1. The number of piperidine rings is 1. The largest absolute Gasteiger partial charge is 0.337 e. The minimum atomic E-state index is -0.366. The van der Waals surface area contributed by atoms with Gasteiger partial charge in [-0.25, -0.2) is 0 Å². The number of hydrogen-bond acceptors (Lipinski definition) is 2. The summed E-state index contributed by atoms with van der Waals surface area (Å²) in [6, 6.07) is 6.27. The maximum absolute atomic E-state index is 10.9. The standard InChI is InChI=1S/C14H20N2O/c1-11-6-5-7-12(2)13(11)14(16-10-17)8-3-4-9-15-14/h5-7,10,15H,3-4,8-9H2,1-2H3,(H,16,17)/t14-/m1/s1. The van der Waals surface area contributed by atoms with Gasteiger partial charge >= 0.3 is 0 Å². The lowest BCUT2D eigenvalue weighted by molar-refractivity contribution is -0.112. The second-order valence-electron chi connectivity index (χ2n) is 4.82. The van der Waals surface area contributed by atoms with Crippen molar-refractivity contribution in [1.29, 1.82) is 0 Å². The lowest BCUT2D eigenvalue weighted by Gasteiger charge is -2.40. The van der Waals surface area contributed by atoms with E-state index in [0.717, 1.165) is 25.8 Å². The molecular weight excluding hydrogens is 212 g/mol. The van der Waals surface area contributed by atoms with Crippen molar-refractivity contribution in [2.75, 3.05) is 6.54 Å². The van der Waals surface area contributed by atoms with Gasteiger partial charge < -0.3 is 5.32 Å². The minimum absolute atomic E-state index is 0.366. The van der Waals surface area contributed by atoms with Gasteiger partial charge in [0.1, 0.15) is 5.66 Å². The van der Waals surface area contributed by atoms with Gasteiger partial charge in [-0.3, -0.25) is 10.1 Å². The number of benzene rings is 1. The Morgan fingerprint density at radius 3 is 2.53 bits per heavy atom. The Labute approximate surface area is 103 Å². The van der Waals surface area contributed by atoms with E-state index in [1.807, 2.05) is 0 Å². The fourth-order valence-corrected chi connectivity index (χ4v) is 2.90. The summed E-state index contributed by atoms with van der Waals surface area (Å²) in [7, 11) is 0. The maximum Gasteiger partial charge on any atom is 0.208 e. The molecule has 0 unspecified atom stereocenters. The van der Waals surface area contributed by atoms with Gasteiger partial charge in [0, 0.05) is 0 Å². The molecule has 2 N–H and O–H groups in total. The van der Waals surface area contributed by atoms with Gasteiger partial charge in [-0.2, -0.15) is 0 Å². The third-order valence-corrected chi connectivity index (χ3v) is 3.62. The molecule has 1 saturated heterocycles. The van der Waals surface area contributed by atoms with Crippen LogP contribution in [0.4, 0.5) is 0 Å². The number of amides is 1. The minimum Gasteiger partial charge on any atom is -0.337 e. The fourth-order valence-electron chi connectivity index (χ4n) is 2.90. The van der Waals surface area contributed by atoms with E-state index in [1.165, 1.54) is 23.1 Å². The molecule has 1 heterocycles. The summed E-state index contributed by atoms with van der Waals surface area (Å²) < 4.78 is 0. The highest BCUT2D eigenvalue weighted by molar-refractivity contribution is 5.51. The van der Waals surface area contributed by atoms with Crippen LogP contribution >= 0.6 is 0 Å². The summed E-state index contributed by atoms with van der Waals surface area (Å²) in [5.74, 6) is 0. The fraction of sp³-hybridized carbons (Fsp3) is 0.500. The molecule has 0 aliphatic carbocycles. The topological polar surface area (TPSA) is 41.1 Å². The average molecular weight is 232 g/mol. The second-order valence-corrected chi connectivity index (χ2v) is 4.82. The van der Waals surface area contributed by atoms with Crippen LogP contribution in [0.5, 0.6) is 0 Å². The van der Waals surface area contributed by atoms with Crippen LogP contribution in [0.25, 0.3) is 0 Å². The van der Waals surface area contributed by atoms with Crippen molar-refractivity contribution in [2.45, 2.75) is 38.8 Å². The zero-order valence-electron chi connectivity index (χ0n) is 10.5. The summed E-state index contributed by atoms with van der Waals surface area (Å²) in [4.78, 5) is 10.9. The normalized spacial score (nSPS) is 24.4. The highest BCUT2D eigenvalue weighted by Gasteiger charge is 2.35. The highest BCUT2D eigenvalue weighted by Crippen LogP contribution is 2.32. The Hall–Kier alpha value is -1.35. The number of nitrogens with one attached hydrogen (secondary N) is 2. The molecule has 1 fully saturated rings. The predicted molar refractivity (Wildman–Crippen MR) is 68.6 cm³/mol. The lowest BCUT2D eigenvalue weighted by Crippen LogP contribution is -2.56. The molecule has 1 aromatic carbocycles. The third kappa shape index (κ3) is 2.20. The first-order valence-corrected chi connectivity index (χ1v) is 6.23. The van der Waals surface area contributed by atoms with E-state index in [0.29, 0.717) is 0 Å². The molecule has 1 amide bonds. The molecule has 0 bridgehead atoms. The van der Waals surface area contributed by atoms with Crippen LogP contribution < -0.4 is 10.6 Å². The zero-order valence-corrected chi connectivity index (χ0v) is 10.5. The van der Waals surface area contributed by atoms with Crippen molar-refractivity contribution in [2.24, 2.45) is 0 Å². The van der Waals surface area contributed by atoms with Crippen LogP contribution in [-0.2, 0) is 10.5 Å². The second kappa shape index (κ2) is 4.88. The Bertz CT molecular complexity index is 388. The molecule has 1 aliphatic rings. The van der Waals surface area contributed by atoms with Crippen molar-refractivity contribution in [3.05, 3.63) is 34.9 Å². The average Bonchev–Trinajstić information content (AvgIpc) is 2.30. The number of carbonyl (C=O) groups excluding carboxylic acids is 1. The molecule has 2 rings (SSSR count). The molecule has 0 radical (unpaired) electrons. The quantitative estimate of drug-likeness (QED) is 0.782. The van der Waals surface area contributed by atoms with Crippen molar-refractivity contribution < 1.29 is 4.79 Å². The summed E-state index contributed by atoms with van der Waals surface area (Å²) in [6.45, 7) is 5.16. The number of hydrogen-bond donors (Lipinski definition) is 2. The third-order valence-electron chi connectivity index (χ3n) is 3.62. The first-order chi connectivity index (χ1) is 8.19. The van der Waals surface area contributed by atoms with Gasteiger partial charge in [0.2, 0.25) is 6.41 Å². The Morgan fingerprint density at radius 2 is 2.00 bits per heavy atom. The smallest absolute Gasteiger partial charge is 0.208 e. The molecule has 0 spiro atoms. The summed E-state index contributed by atoms with van der Waals surface area (Å²) in [6.07, 6.45) is 4.08. The molecular formula is C14H20N2O. The van der Waals surface area contributed by atoms with Crippen LogP contribution in [0.2, 0.25) is 0 Å². The molecule has 17 heavy (non-hydrogen) atoms. The Morgan fingerprint density at radius 1 is 1.29 bits per heavy atom. The van der Waals surface area contributed by atoms with Crippen molar-refractivity contribution >= 4 is 6.41 Å². The van der Waals surface area contributed by atoms with Crippen LogP contribution in [0.15, 0.2) is 18.2 Å². The summed E-state index contributed by atoms with van der Waals surface area (Å²) >= 11 is 0. The van der Waals surface area contributed by atoms with E-state index >= 15 is 0 Å². The SMILES string of the molecule is Cc1cccc(C)c1[C@]1(NC=O)CCCCN1. The first-order valence-electron chi connectivity index (χ1n) is 6.23.